The Morgan fingerprint density at radius 2 is 2.06 bits per heavy atom. The first-order chi connectivity index (χ1) is 7.40. The highest BCUT2D eigenvalue weighted by atomic mass is 32.2. The first-order valence-electron chi connectivity index (χ1n) is 4.57. The summed E-state index contributed by atoms with van der Waals surface area (Å²) in [6, 6.07) is 2.07. The fourth-order valence-corrected chi connectivity index (χ4v) is 2.31. The van der Waals surface area contributed by atoms with E-state index in [2.05, 4.69) is 0 Å². The number of methoxy groups -OCH3 is 1. The summed E-state index contributed by atoms with van der Waals surface area (Å²) in [6.07, 6.45) is 1.12. The first kappa shape index (κ1) is 12.9. The molecule has 0 unspecified atom stereocenters. The Balaban J connectivity index is 3.48. The largest absolute Gasteiger partial charge is 0.495 e. The monoisotopic (exact) mass is 248 g/mol. The molecule has 0 aliphatic rings. The van der Waals surface area contributed by atoms with E-state index in [-0.39, 0.29) is 23.7 Å². The summed E-state index contributed by atoms with van der Waals surface area (Å²) in [4.78, 5) is -0.196. The van der Waals surface area contributed by atoms with Gasteiger partial charge in [0.05, 0.1) is 7.11 Å². The number of halogens is 1. The third kappa shape index (κ3) is 2.70. The lowest BCUT2D eigenvalue weighted by Crippen LogP contribution is -2.05. The quantitative estimate of drug-likeness (QED) is 0.855. The molecule has 1 N–H and O–H groups in total. The lowest BCUT2D eigenvalue weighted by Gasteiger charge is -2.12. The van der Waals surface area contributed by atoms with Crippen LogP contribution < -0.4 is 4.74 Å². The third-order valence-corrected chi connectivity index (χ3v) is 3.18. The van der Waals surface area contributed by atoms with Crippen LogP contribution in [-0.2, 0) is 16.3 Å². The highest BCUT2D eigenvalue weighted by Crippen LogP contribution is 2.29. The molecule has 6 heteroatoms. The molecule has 1 rings (SSSR count). The van der Waals surface area contributed by atoms with Gasteiger partial charge in [0.25, 0.3) is 0 Å². The van der Waals surface area contributed by atoms with Crippen LogP contribution >= 0.6 is 0 Å². The van der Waals surface area contributed by atoms with Crippen LogP contribution in [0.4, 0.5) is 4.39 Å². The SMILES string of the molecule is COc1c(CCO)cc(F)cc1S(C)(=O)=O. The molecule has 0 aromatic heterocycles. The Bertz CT molecular complexity index is 482. The molecule has 4 nitrogen and oxygen atoms in total. The van der Waals surface area contributed by atoms with E-state index in [1.165, 1.54) is 7.11 Å². The number of aliphatic hydroxyl groups excluding tert-OH is 1. The average Bonchev–Trinajstić information content (AvgIpc) is 2.16. The number of sulfone groups is 1. The topological polar surface area (TPSA) is 63.6 Å². The molecular weight excluding hydrogens is 235 g/mol. The molecular formula is C10H13FO4S. The Hall–Kier alpha value is -1.14. The number of benzene rings is 1. The lowest BCUT2D eigenvalue weighted by atomic mass is 10.1. The summed E-state index contributed by atoms with van der Waals surface area (Å²) in [5.41, 5.74) is 0.338. The molecule has 90 valence electrons. The highest BCUT2D eigenvalue weighted by molar-refractivity contribution is 7.90. The van der Waals surface area contributed by atoms with Crippen molar-refractivity contribution in [3.05, 3.63) is 23.5 Å². The van der Waals surface area contributed by atoms with Crippen molar-refractivity contribution in [3.63, 3.8) is 0 Å². The zero-order chi connectivity index (χ0) is 12.3. The maximum Gasteiger partial charge on any atom is 0.179 e. The minimum atomic E-state index is -3.56. The van der Waals surface area contributed by atoms with E-state index >= 15 is 0 Å². The summed E-state index contributed by atoms with van der Waals surface area (Å²) < 4.78 is 41.0. The van der Waals surface area contributed by atoms with Gasteiger partial charge < -0.3 is 9.84 Å². The van der Waals surface area contributed by atoms with Gasteiger partial charge >= 0.3 is 0 Å². The lowest BCUT2D eigenvalue weighted by molar-refractivity contribution is 0.295. The molecule has 1 aromatic rings. The minimum Gasteiger partial charge on any atom is -0.495 e. The van der Waals surface area contributed by atoms with Crippen molar-refractivity contribution in [3.8, 4) is 5.75 Å². The van der Waals surface area contributed by atoms with Crippen LogP contribution in [0.2, 0.25) is 0 Å². The third-order valence-electron chi connectivity index (χ3n) is 2.08. The van der Waals surface area contributed by atoms with E-state index in [1.54, 1.807) is 0 Å². The standard InChI is InChI=1S/C10H13FO4S/c1-15-10-7(3-4-12)5-8(11)6-9(10)16(2,13)14/h5-6,12H,3-4H2,1-2H3. The Labute approximate surface area is 93.6 Å². The number of rotatable bonds is 4. The smallest absolute Gasteiger partial charge is 0.179 e. The van der Waals surface area contributed by atoms with Crippen LogP contribution in [0.5, 0.6) is 5.75 Å². The molecule has 0 aliphatic carbocycles. The molecule has 0 bridgehead atoms. The van der Waals surface area contributed by atoms with Crippen LogP contribution in [0.25, 0.3) is 0 Å². The summed E-state index contributed by atoms with van der Waals surface area (Å²) in [5.74, 6) is -0.567. The molecule has 0 atom stereocenters. The van der Waals surface area contributed by atoms with E-state index < -0.39 is 15.7 Å². The van der Waals surface area contributed by atoms with Gasteiger partial charge in [-0.15, -0.1) is 0 Å². The highest BCUT2D eigenvalue weighted by Gasteiger charge is 2.19. The van der Waals surface area contributed by atoms with Gasteiger partial charge in [-0.3, -0.25) is 0 Å². The summed E-state index contributed by atoms with van der Waals surface area (Å²) >= 11 is 0. The molecule has 0 saturated carbocycles. The number of ether oxygens (including phenoxy) is 1. The van der Waals surface area contributed by atoms with E-state index in [0.29, 0.717) is 5.56 Å². The van der Waals surface area contributed by atoms with E-state index in [1.807, 2.05) is 0 Å². The fourth-order valence-electron chi connectivity index (χ4n) is 1.44. The Morgan fingerprint density at radius 3 is 2.50 bits per heavy atom. The Morgan fingerprint density at radius 1 is 1.44 bits per heavy atom. The molecule has 0 radical (unpaired) electrons. The number of hydrogen-bond donors (Lipinski definition) is 1. The van der Waals surface area contributed by atoms with Crippen molar-refractivity contribution >= 4 is 9.84 Å². The molecule has 1 aromatic carbocycles. The molecule has 0 heterocycles. The van der Waals surface area contributed by atoms with Crippen molar-refractivity contribution in [1.82, 2.24) is 0 Å². The van der Waals surface area contributed by atoms with Gasteiger partial charge in [-0.2, -0.15) is 0 Å². The van der Waals surface area contributed by atoms with Gasteiger partial charge in [-0.1, -0.05) is 0 Å². The summed E-state index contributed by atoms with van der Waals surface area (Å²) in [5, 5.41) is 8.80. The second kappa shape index (κ2) is 4.80. The Kier molecular flexibility index (Phi) is 3.88. The predicted octanol–water partition coefficient (Wildman–Crippen LogP) is 0.773. The maximum absolute atomic E-state index is 13.2. The molecule has 0 aliphatic heterocycles. The van der Waals surface area contributed by atoms with Gasteiger partial charge in [0.2, 0.25) is 0 Å². The van der Waals surface area contributed by atoms with Gasteiger partial charge in [0, 0.05) is 18.4 Å². The minimum absolute atomic E-state index is 0.0953. The zero-order valence-corrected chi connectivity index (χ0v) is 9.84. The maximum atomic E-state index is 13.2. The van der Waals surface area contributed by atoms with E-state index in [9.17, 15) is 12.8 Å². The summed E-state index contributed by atoms with van der Waals surface area (Å²) in [7, 11) is -2.25. The van der Waals surface area contributed by atoms with Crippen molar-refractivity contribution in [2.75, 3.05) is 20.0 Å². The van der Waals surface area contributed by atoms with Crippen LogP contribution in [0, 0.1) is 5.82 Å². The zero-order valence-electron chi connectivity index (χ0n) is 9.03. The van der Waals surface area contributed by atoms with Crippen molar-refractivity contribution in [2.45, 2.75) is 11.3 Å². The van der Waals surface area contributed by atoms with Gasteiger partial charge in [-0.25, -0.2) is 12.8 Å². The fraction of sp³-hybridized carbons (Fsp3) is 0.400. The van der Waals surface area contributed by atoms with Crippen LogP contribution in [0.3, 0.4) is 0 Å². The van der Waals surface area contributed by atoms with Crippen molar-refractivity contribution in [2.24, 2.45) is 0 Å². The van der Waals surface area contributed by atoms with Crippen LogP contribution in [0.1, 0.15) is 5.56 Å². The second-order valence-electron chi connectivity index (χ2n) is 3.34. The van der Waals surface area contributed by atoms with Crippen LogP contribution in [-0.4, -0.2) is 33.5 Å². The normalized spacial score (nSPS) is 11.5. The number of hydrogen-bond acceptors (Lipinski definition) is 4. The van der Waals surface area contributed by atoms with Crippen molar-refractivity contribution in [1.29, 1.82) is 0 Å². The van der Waals surface area contributed by atoms with Crippen LogP contribution in [0.15, 0.2) is 17.0 Å². The van der Waals surface area contributed by atoms with Gasteiger partial charge in [-0.05, 0) is 18.6 Å². The van der Waals surface area contributed by atoms with Crippen molar-refractivity contribution < 1.29 is 22.7 Å². The summed E-state index contributed by atoms with van der Waals surface area (Å²) in [6.45, 7) is -0.205. The average molecular weight is 248 g/mol. The van der Waals surface area contributed by atoms with E-state index in [0.717, 1.165) is 18.4 Å². The number of aliphatic hydroxyl groups is 1. The van der Waals surface area contributed by atoms with Gasteiger partial charge in [0.1, 0.15) is 16.5 Å². The van der Waals surface area contributed by atoms with E-state index in [4.69, 9.17) is 9.84 Å². The van der Waals surface area contributed by atoms with Gasteiger partial charge in [0.15, 0.2) is 9.84 Å². The second-order valence-corrected chi connectivity index (χ2v) is 5.33. The molecule has 0 fully saturated rings. The molecule has 0 amide bonds. The molecule has 16 heavy (non-hydrogen) atoms. The first-order valence-corrected chi connectivity index (χ1v) is 6.46. The predicted molar refractivity (Wildman–Crippen MR) is 56.9 cm³/mol. The molecule has 0 saturated heterocycles. The molecule has 0 spiro atoms.